The number of halogens is 1. The molecule has 30 heavy (non-hydrogen) atoms. The van der Waals surface area contributed by atoms with E-state index >= 15 is 0 Å². The molecule has 3 aromatic rings. The summed E-state index contributed by atoms with van der Waals surface area (Å²) in [5, 5.41) is 0.225. The summed E-state index contributed by atoms with van der Waals surface area (Å²) in [5.41, 5.74) is 2.36. The minimum Gasteiger partial charge on any atom is -0.344 e. The van der Waals surface area contributed by atoms with Crippen LogP contribution in [0.5, 0.6) is 0 Å². The maximum Gasteiger partial charge on any atom is 0.224 e. The lowest BCUT2D eigenvalue weighted by Crippen LogP contribution is -2.34. The van der Waals surface area contributed by atoms with Gasteiger partial charge in [-0.1, -0.05) is 36.4 Å². The molecule has 0 bridgehead atoms. The van der Waals surface area contributed by atoms with Crippen molar-refractivity contribution in [3.05, 3.63) is 71.7 Å². The number of aryl methyl sites for hydroxylation is 2. The van der Waals surface area contributed by atoms with Crippen molar-refractivity contribution in [3.63, 3.8) is 0 Å². The van der Waals surface area contributed by atoms with Crippen molar-refractivity contribution in [2.75, 3.05) is 18.8 Å². The van der Waals surface area contributed by atoms with E-state index in [1.807, 2.05) is 31.2 Å². The largest absolute Gasteiger partial charge is 0.344 e. The molecule has 0 saturated carbocycles. The number of hydrogen-bond acceptors (Lipinski definition) is 3. The third kappa shape index (κ3) is 3.99. The third-order valence-electron chi connectivity index (χ3n) is 5.91. The standard InChI is InChI=1S/C23H25FN2O3S/c1-17-16-18-6-2-5-9-21(18)26(17)13-11-23(27)25-12-10-22(30(28,29)15-14-25)19-7-3-4-8-20(19)24/h2-9,16,22H,10-15H2,1H3/t22-/m1/s1. The number of benzene rings is 2. The van der Waals surface area contributed by atoms with E-state index < -0.39 is 20.9 Å². The molecule has 158 valence electrons. The number of fused-ring (bicyclic) bond motifs is 1. The molecular formula is C23H25FN2O3S. The van der Waals surface area contributed by atoms with Crippen LogP contribution in [-0.4, -0.2) is 42.6 Å². The molecule has 1 aliphatic heterocycles. The van der Waals surface area contributed by atoms with Gasteiger partial charge in [-0.25, -0.2) is 12.8 Å². The van der Waals surface area contributed by atoms with E-state index in [-0.39, 0.29) is 30.2 Å². The lowest BCUT2D eigenvalue weighted by Gasteiger charge is -2.20. The molecule has 1 aromatic heterocycles. The second kappa shape index (κ2) is 8.22. The lowest BCUT2D eigenvalue weighted by atomic mass is 10.1. The van der Waals surface area contributed by atoms with Crippen LogP contribution >= 0.6 is 0 Å². The third-order valence-corrected chi connectivity index (χ3v) is 8.02. The van der Waals surface area contributed by atoms with Crippen LogP contribution in [-0.2, 0) is 21.2 Å². The number of hydrogen-bond donors (Lipinski definition) is 0. The van der Waals surface area contributed by atoms with Gasteiger partial charge in [-0.15, -0.1) is 0 Å². The number of aromatic nitrogens is 1. The quantitative estimate of drug-likeness (QED) is 0.634. The molecule has 1 atom stereocenters. The number of para-hydroxylation sites is 1. The van der Waals surface area contributed by atoms with Crippen molar-refractivity contribution >= 4 is 26.6 Å². The zero-order valence-corrected chi connectivity index (χ0v) is 17.7. The van der Waals surface area contributed by atoms with E-state index in [0.29, 0.717) is 19.5 Å². The topological polar surface area (TPSA) is 59.4 Å². The fraction of sp³-hybridized carbons (Fsp3) is 0.348. The Morgan fingerprint density at radius 1 is 1.10 bits per heavy atom. The van der Waals surface area contributed by atoms with Gasteiger partial charge in [-0.05, 0) is 36.9 Å². The van der Waals surface area contributed by atoms with Crippen molar-refractivity contribution in [2.45, 2.75) is 31.6 Å². The molecule has 1 fully saturated rings. The summed E-state index contributed by atoms with van der Waals surface area (Å²) in [7, 11) is -3.53. The molecule has 1 aliphatic rings. The second-order valence-electron chi connectivity index (χ2n) is 7.79. The highest BCUT2D eigenvalue weighted by atomic mass is 32.2. The Kier molecular flexibility index (Phi) is 5.64. The Morgan fingerprint density at radius 3 is 2.63 bits per heavy atom. The minimum atomic E-state index is -3.53. The summed E-state index contributed by atoms with van der Waals surface area (Å²) < 4.78 is 41.8. The highest BCUT2D eigenvalue weighted by Gasteiger charge is 2.34. The predicted molar refractivity (Wildman–Crippen MR) is 115 cm³/mol. The van der Waals surface area contributed by atoms with E-state index in [0.717, 1.165) is 16.6 Å². The number of rotatable bonds is 4. The van der Waals surface area contributed by atoms with Crippen LogP contribution in [0.1, 0.15) is 29.3 Å². The summed E-state index contributed by atoms with van der Waals surface area (Å²) in [6.07, 6.45) is 0.504. The van der Waals surface area contributed by atoms with Gasteiger partial charge in [0.25, 0.3) is 0 Å². The van der Waals surface area contributed by atoms with Crippen LogP contribution in [0.25, 0.3) is 10.9 Å². The van der Waals surface area contributed by atoms with Crippen molar-refractivity contribution < 1.29 is 17.6 Å². The zero-order valence-electron chi connectivity index (χ0n) is 16.9. The first-order valence-corrected chi connectivity index (χ1v) is 11.9. The van der Waals surface area contributed by atoms with E-state index in [4.69, 9.17) is 0 Å². The highest BCUT2D eigenvalue weighted by molar-refractivity contribution is 7.91. The van der Waals surface area contributed by atoms with Gasteiger partial charge in [0, 0.05) is 42.8 Å². The number of nitrogens with zero attached hydrogens (tertiary/aromatic N) is 2. The van der Waals surface area contributed by atoms with Crippen molar-refractivity contribution in [1.82, 2.24) is 9.47 Å². The minimum absolute atomic E-state index is 0.0726. The first-order valence-electron chi connectivity index (χ1n) is 10.2. The summed E-state index contributed by atoms with van der Waals surface area (Å²) >= 11 is 0. The molecule has 1 saturated heterocycles. The number of carbonyl (C=O) groups is 1. The molecule has 0 aliphatic carbocycles. The van der Waals surface area contributed by atoms with E-state index in [1.165, 1.54) is 12.1 Å². The first-order chi connectivity index (χ1) is 14.4. The van der Waals surface area contributed by atoms with E-state index in [9.17, 15) is 17.6 Å². The molecule has 4 rings (SSSR count). The predicted octanol–water partition coefficient (Wildman–Crippen LogP) is 3.87. The van der Waals surface area contributed by atoms with Gasteiger partial charge in [0.2, 0.25) is 5.91 Å². The molecule has 0 spiro atoms. The maximum absolute atomic E-state index is 14.2. The van der Waals surface area contributed by atoms with Gasteiger partial charge in [0.1, 0.15) is 5.82 Å². The Bertz CT molecular complexity index is 1190. The number of amides is 1. The Balaban J connectivity index is 1.47. The van der Waals surface area contributed by atoms with Gasteiger partial charge in [-0.2, -0.15) is 0 Å². The molecule has 2 aromatic carbocycles. The molecule has 2 heterocycles. The van der Waals surface area contributed by atoms with Gasteiger partial charge in [-0.3, -0.25) is 4.79 Å². The molecule has 0 radical (unpaired) electrons. The Morgan fingerprint density at radius 2 is 1.83 bits per heavy atom. The van der Waals surface area contributed by atoms with Crippen LogP contribution in [0.15, 0.2) is 54.6 Å². The van der Waals surface area contributed by atoms with Gasteiger partial charge < -0.3 is 9.47 Å². The molecule has 5 nitrogen and oxygen atoms in total. The summed E-state index contributed by atoms with van der Waals surface area (Å²) in [4.78, 5) is 14.5. The second-order valence-corrected chi connectivity index (χ2v) is 10.1. The smallest absolute Gasteiger partial charge is 0.224 e. The molecule has 0 N–H and O–H groups in total. The van der Waals surface area contributed by atoms with E-state index in [2.05, 4.69) is 10.6 Å². The highest BCUT2D eigenvalue weighted by Crippen LogP contribution is 2.31. The number of carbonyl (C=O) groups excluding carboxylic acids is 1. The molecule has 7 heteroatoms. The monoisotopic (exact) mass is 428 g/mol. The van der Waals surface area contributed by atoms with Crippen LogP contribution in [0, 0.1) is 12.7 Å². The SMILES string of the molecule is Cc1cc2ccccc2n1CCC(=O)N1CC[C@H](c2ccccc2F)S(=O)(=O)CC1. The Labute approximate surface area is 176 Å². The average molecular weight is 429 g/mol. The normalized spacial score (nSPS) is 19.0. The van der Waals surface area contributed by atoms with Crippen LogP contribution in [0.2, 0.25) is 0 Å². The average Bonchev–Trinajstić information content (AvgIpc) is 2.94. The van der Waals surface area contributed by atoms with Crippen molar-refractivity contribution in [3.8, 4) is 0 Å². The van der Waals surface area contributed by atoms with Crippen LogP contribution in [0.3, 0.4) is 0 Å². The lowest BCUT2D eigenvalue weighted by molar-refractivity contribution is -0.131. The Hall–Kier alpha value is -2.67. The number of sulfone groups is 1. The van der Waals surface area contributed by atoms with E-state index in [1.54, 1.807) is 17.0 Å². The fourth-order valence-corrected chi connectivity index (χ4v) is 6.09. The molecular weight excluding hydrogens is 403 g/mol. The van der Waals surface area contributed by atoms with Crippen LogP contribution < -0.4 is 0 Å². The summed E-state index contributed by atoms with van der Waals surface area (Å²) in [6.45, 7) is 3.01. The summed E-state index contributed by atoms with van der Waals surface area (Å²) in [6, 6.07) is 16.1. The van der Waals surface area contributed by atoms with Crippen LogP contribution in [0.4, 0.5) is 4.39 Å². The van der Waals surface area contributed by atoms with Gasteiger partial charge >= 0.3 is 0 Å². The van der Waals surface area contributed by atoms with Gasteiger partial charge in [0.05, 0.1) is 11.0 Å². The maximum atomic E-state index is 14.2. The fourth-order valence-electron chi connectivity index (χ4n) is 4.29. The molecule has 1 amide bonds. The molecule has 0 unspecified atom stereocenters. The zero-order chi connectivity index (χ0) is 21.3. The van der Waals surface area contributed by atoms with Crippen molar-refractivity contribution in [1.29, 1.82) is 0 Å². The van der Waals surface area contributed by atoms with Crippen molar-refractivity contribution in [2.24, 2.45) is 0 Å². The first kappa shape index (κ1) is 20.6. The summed E-state index contributed by atoms with van der Waals surface area (Å²) in [5.74, 6) is -0.735. The van der Waals surface area contributed by atoms with Gasteiger partial charge in [0.15, 0.2) is 9.84 Å².